The molecule has 5 heteroatoms. The van der Waals surface area contributed by atoms with Crippen molar-refractivity contribution in [2.75, 3.05) is 7.05 Å². The molecule has 0 saturated heterocycles. The van der Waals surface area contributed by atoms with E-state index in [2.05, 4.69) is 52.7 Å². The highest BCUT2D eigenvalue weighted by atomic mass is 16.5. The van der Waals surface area contributed by atoms with E-state index in [0.717, 1.165) is 18.1 Å². The number of guanidine groups is 1. The molecule has 0 fully saturated rings. The van der Waals surface area contributed by atoms with Crippen LogP contribution in [0.5, 0.6) is 5.88 Å². The van der Waals surface area contributed by atoms with Gasteiger partial charge in [-0.1, -0.05) is 29.8 Å². The molecule has 1 aromatic heterocycles. The van der Waals surface area contributed by atoms with E-state index in [1.165, 1.54) is 16.7 Å². The first-order chi connectivity index (χ1) is 12.0. The highest BCUT2D eigenvalue weighted by Gasteiger charge is 2.03. The molecule has 0 spiro atoms. The van der Waals surface area contributed by atoms with Crippen LogP contribution < -0.4 is 15.4 Å². The third-order valence-corrected chi connectivity index (χ3v) is 3.78. The summed E-state index contributed by atoms with van der Waals surface area (Å²) in [5.74, 6) is 1.42. The number of pyridine rings is 1. The molecule has 0 aliphatic rings. The van der Waals surface area contributed by atoms with Crippen molar-refractivity contribution < 1.29 is 4.74 Å². The summed E-state index contributed by atoms with van der Waals surface area (Å²) in [4.78, 5) is 8.59. The Bertz CT molecular complexity index is 708. The number of hydrogen-bond donors (Lipinski definition) is 2. The second-order valence-corrected chi connectivity index (χ2v) is 6.38. The summed E-state index contributed by atoms with van der Waals surface area (Å²) in [6.07, 6.45) is 1.95. The van der Waals surface area contributed by atoms with Gasteiger partial charge in [-0.25, -0.2) is 4.98 Å². The Kier molecular flexibility index (Phi) is 6.81. The first-order valence-electron chi connectivity index (χ1n) is 8.60. The minimum absolute atomic E-state index is 0.129. The fraction of sp³-hybridized carbons (Fsp3) is 0.400. The van der Waals surface area contributed by atoms with Crippen LogP contribution in [0.4, 0.5) is 0 Å². The molecule has 0 aliphatic heterocycles. The highest BCUT2D eigenvalue weighted by molar-refractivity contribution is 5.79. The minimum atomic E-state index is 0.129. The summed E-state index contributed by atoms with van der Waals surface area (Å²) in [5.41, 5.74) is 4.91. The Morgan fingerprint density at radius 1 is 1.12 bits per heavy atom. The number of benzene rings is 1. The largest absolute Gasteiger partial charge is 0.475 e. The van der Waals surface area contributed by atoms with Crippen molar-refractivity contribution in [2.24, 2.45) is 4.99 Å². The number of aryl methyl sites for hydroxylation is 2. The molecular formula is C20H28N4O. The Labute approximate surface area is 150 Å². The van der Waals surface area contributed by atoms with E-state index < -0.39 is 0 Å². The third-order valence-electron chi connectivity index (χ3n) is 3.78. The van der Waals surface area contributed by atoms with Gasteiger partial charge in [-0.05, 0) is 44.4 Å². The van der Waals surface area contributed by atoms with Crippen molar-refractivity contribution in [1.82, 2.24) is 15.6 Å². The van der Waals surface area contributed by atoms with Crippen LogP contribution in [0.3, 0.4) is 0 Å². The summed E-state index contributed by atoms with van der Waals surface area (Å²) in [6.45, 7) is 9.61. The average Bonchev–Trinajstić information content (AvgIpc) is 2.57. The van der Waals surface area contributed by atoms with Crippen LogP contribution in [0.2, 0.25) is 0 Å². The van der Waals surface area contributed by atoms with Gasteiger partial charge in [-0.2, -0.15) is 0 Å². The smallest absolute Gasteiger partial charge is 0.213 e. The van der Waals surface area contributed by atoms with Gasteiger partial charge < -0.3 is 15.4 Å². The van der Waals surface area contributed by atoms with Crippen LogP contribution in [0.15, 0.2) is 41.5 Å². The average molecular weight is 340 g/mol. The number of rotatable bonds is 6. The summed E-state index contributed by atoms with van der Waals surface area (Å²) in [5, 5.41) is 6.65. The second-order valence-electron chi connectivity index (χ2n) is 6.38. The number of ether oxygens (including phenoxy) is 1. The van der Waals surface area contributed by atoms with E-state index in [-0.39, 0.29) is 6.10 Å². The van der Waals surface area contributed by atoms with Gasteiger partial charge in [0.1, 0.15) is 0 Å². The molecule has 1 aromatic carbocycles. The van der Waals surface area contributed by atoms with E-state index in [1.807, 2.05) is 32.2 Å². The maximum atomic E-state index is 5.56. The van der Waals surface area contributed by atoms with Gasteiger partial charge in [0.2, 0.25) is 5.88 Å². The molecular weight excluding hydrogens is 312 g/mol. The molecule has 5 nitrogen and oxygen atoms in total. The lowest BCUT2D eigenvalue weighted by Gasteiger charge is -2.14. The lowest BCUT2D eigenvalue weighted by Crippen LogP contribution is -2.36. The summed E-state index contributed by atoms with van der Waals surface area (Å²) >= 11 is 0. The minimum Gasteiger partial charge on any atom is -0.475 e. The van der Waals surface area contributed by atoms with Crippen molar-refractivity contribution in [3.8, 4) is 5.88 Å². The maximum absolute atomic E-state index is 5.56. The molecule has 2 rings (SSSR count). The molecule has 2 N–H and O–H groups in total. The first kappa shape index (κ1) is 18.8. The molecule has 0 unspecified atom stereocenters. The van der Waals surface area contributed by atoms with Gasteiger partial charge >= 0.3 is 0 Å². The second kappa shape index (κ2) is 9.06. The van der Waals surface area contributed by atoms with Crippen LogP contribution in [-0.4, -0.2) is 24.1 Å². The molecule has 0 saturated carbocycles. The first-order valence-corrected chi connectivity index (χ1v) is 8.60. The molecule has 0 atom stereocenters. The van der Waals surface area contributed by atoms with Crippen LogP contribution in [-0.2, 0) is 13.1 Å². The molecule has 0 aliphatic carbocycles. The van der Waals surface area contributed by atoms with Crippen molar-refractivity contribution >= 4 is 5.96 Å². The number of hydrogen-bond acceptors (Lipinski definition) is 3. The Balaban J connectivity index is 1.85. The van der Waals surface area contributed by atoms with E-state index in [4.69, 9.17) is 4.74 Å². The van der Waals surface area contributed by atoms with Gasteiger partial charge in [-0.15, -0.1) is 0 Å². The lowest BCUT2D eigenvalue weighted by atomic mass is 10.1. The van der Waals surface area contributed by atoms with Crippen LogP contribution in [0, 0.1) is 13.8 Å². The predicted octanol–water partition coefficient (Wildman–Crippen LogP) is 3.35. The fourth-order valence-electron chi connectivity index (χ4n) is 2.46. The summed E-state index contributed by atoms with van der Waals surface area (Å²) in [6, 6.07) is 10.4. The molecule has 0 radical (unpaired) electrons. The normalized spacial score (nSPS) is 11.5. The molecule has 0 amide bonds. The SMILES string of the molecule is CN=C(NCc1ccc(OC(C)C)nc1)NCc1ccc(C)cc1C. The number of aromatic nitrogens is 1. The topological polar surface area (TPSA) is 58.5 Å². The summed E-state index contributed by atoms with van der Waals surface area (Å²) < 4.78 is 5.56. The van der Waals surface area contributed by atoms with Crippen LogP contribution in [0.1, 0.15) is 36.1 Å². The van der Waals surface area contributed by atoms with E-state index >= 15 is 0 Å². The maximum Gasteiger partial charge on any atom is 0.213 e. The number of aliphatic imine (C=N–C) groups is 1. The van der Waals surface area contributed by atoms with Gasteiger partial charge in [0.05, 0.1) is 6.10 Å². The Morgan fingerprint density at radius 3 is 2.48 bits per heavy atom. The van der Waals surface area contributed by atoms with Crippen molar-refractivity contribution in [1.29, 1.82) is 0 Å². The zero-order chi connectivity index (χ0) is 18.2. The van der Waals surface area contributed by atoms with Crippen molar-refractivity contribution in [3.05, 3.63) is 58.8 Å². The Morgan fingerprint density at radius 2 is 1.88 bits per heavy atom. The van der Waals surface area contributed by atoms with E-state index in [9.17, 15) is 0 Å². The monoisotopic (exact) mass is 340 g/mol. The zero-order valence-electron chi connectivity index (χ0n) is 15.8. The van der Waals surface area contributed by atoms with Crippen molar-refractivity contribution in [3.63, 3.8) is 0 Å². The fourth-order valence-corrected chi connectivity index (χ4v) is 2.46. The van der Waals surface area contributed by atoms with Crippen LogP contribution >= 0.6 is 0 Å². The van der Waals surface area contributed by atoms with Gasteiger partial charge in [0.25, 0.3) is 0 Å². The summed E-state index contributed by atoms with van der Waals surface area (Å²) in [7, 11) is 1.77. The standard InChI is InChI=1S/C20H28N4O/c1-14(2)25-19-9-7-17(11-22-19)12-23-20(21-5)24-13-18-8-6-15(3)10-16(18)4/h6-11,14H,12-13H2,1-5H3,(H2,21,23,24). The van der Waals surface area contributed by atoms with Crippen LogP contribution in [0.25, 0.3) is 0 Å². The molecule has 134 valence electrons. The quantitative estimate of drug-likeness (QED) is 0.625. The number of nitrogens with one attached hydrogen (secondary N) is 2. The van der Waals surface area contributed by atoms with E-state index in [1.54, 1.807) is 7.05 Å². The van der Waals surface area contributed by atoms with Gasteiger partial charge in [0.15, 0.2) is 5.96 Å². The Hall–Kier alpha value is -2.56. The lowest BCUT2D eigenvalue weighted by molar-refractivity contribution is 0.232. The molecule has 25 heavy (non-hydrogen) atoms. The predicted molar refractivity (Wildman–Crippen MR) is 103 cm³/mol. The molecule has 0 bridgehead atoms. The highest BCUT2D eigenvalue weighted by Crippen LogP contribution is 2.11. The molecule has 1 heterocycles. The van der Waals surface area contributed by atoms with E-state index in [0.29, 0.717) is 12.4 Å². The number of nitrogens with zero attached hydrogens (tertiary/aromatic N) is 2. The van der Waals surface area contributed by atoms with Gasteiger partial charge in [-0.3, -0.25) is 4.99 Å². The van der Waals surface area contributed by atoms with Crippen molar-refractivity contribution in [2.45, 2.75) is 46.9 Å². The molecule has 2 aromatic rings. The van der Waals surface area contributed by atoms with Gasteiger partial charge in [0, 0.05) is 32.4 Å². The third kappa shape index (κ3) is 6.10. The zero-order valence-corrected chi connectivity index (χ0v) is 15.8.